The summed E-state index contributed by atoms with van der Waals surface area (Å²) in [5.74, 6) is 0.574. The molecule has 8 bridgehead atoms. The van der Waals surface area contributed by atoms with Crippen molar-refractivity contribution >= 4 is 114 Å². The summed E-state index contributed by atoms with van der Waals surface area (Å²) < 4.78 is 71.4. The Morgan fingerprint density at radius 2 is 0.853 bits per heavy atom. The molecule has 0 amide bonds. The molecule has 0 radical (unpaired) electrons. The molecule has 30 nitrogen and oxygen atoms in total. The number of nitrogen functional groups attached to an aromatic ring is 1. The third-order valence-electron chi connectivity index (χ3n) is 18.0. The number of rotatable bonds is 12. The summed E-state index contributed by atoms with van der Waals surface area (Å²) in [7, 11) is 0. The molecule has 15 rings (SSSR count). The second-order valence-electron chi connectivity index (χ2n) is 30.5. The number of aromatic nitrogens is 7. The first-order valence-electron chi connectivity index (χ1n) is 37.0. The van der Waals surface area contributed by atoms with Gasteiger partial charge in [-0.2, -0.15) is 13.2 Å². The van der Waals surface area contributed by atoms with E-state index in [1.54, 1.807) is 91.9 Å². The zero-order valence-electron chi connectivity index (χ0n) is 67.8. The molecule has 7 aromatic heterocycles. The van der Waals surface area contributed by atoms with E-state index in [0.717, 1.165) is 99.8 Å². The van der Waals surface area contributed by atoms with Gasteiger partial charge in [-0.05, 0) is 249 Å². The summed E-state index contributed by atoms with van der Waals surface area (Å²) in [6.07, 6.45) is 17.5. The second kappa shape index (κ2) is 46.9. The minimum Gasteiger partial charge on any atom is -1.00 e. The summed E-state index contributed by atoms with van der Waals surface area (Å²) in [6.45, 7) is 22.8. The Kier molecular flexibility index (Phi) is 39.7. The van der Waals surface area contributed by atoms with Gasteiger partial charge in [0.25, 0.3) is 6.47 Å². The van der Waals surface area contributed by atoms with Gasteiger partial charge in [0.15, 0.2) is 0 Å². The van der Waals surface area contributed by atoms with E-state index in [-0.39, 0.29) is 146 Å². The first-order chi connectivity index (χ1) is 54.0. The number of nitrogens with two attached hydrogens (primary N) is 1. The fourth-order valence-corrected chi connectivity index (χ4v) is 14.5. The maximum absolute atomic E-state index is 12.7. The average Bonchev–Trinajstić information content (AvgIpc) is 1.69. The fraction of sp³-hybridized carbons (Fsp3) is 0.481. The Bertz CT molecular complexity index is 4230. The monoisotopic (exact) mass is 1790 g/mol. The number of nitrogens with one attached hydrogen (secondary N) is 2. The first kappa shape index (κ1) is 98.3. The number of morpholine rings is 3. The number of esters is 3. The molecule has 1 aliphatic carbocycles. The summed E-state index contributed by atoms with van der Waals surface area (Å²) in [5.41, 5.74) is 7.78. The molecular formula is C79H98Br2F3K2N13O17. The molecule has 0 aromatic carbocycles. The van der Waals surface area contributed by atoms with Crippen molar-refractivity contribution in [1.29, 1.82) is 0 Å². The summed E-state index contributed by atoms with van der Waals surface area (Å²) in [6, 6.07) is 26.5. The summed E-state index contributed by atoms with van der Waals surface area (Å²) in [5, 5.41) is 31.4. The molecule has 6 N–H and O–H groups in total. The number of carbonyl (C=O) groups excluding carboxylic acids is 4. The molecule has 7 saturated heterocycles. The van der Waals surface area contributed by atoms with Crippen LogP contribution >= 0.6 is 31.9 Å². The number of pyridine rings is 7. The molecule has 8 fully saturated rings. The molecule has 618 valence electrons. The Morgan fingerprint density at radius 1 is 0.509 bits per heavy atom. The van der Waals surface area contributed by atoms with E-state index in [1.165, 1.54) is 19.3 Å². The number of alkyl halides is 3. The first-order valence-corrected chi connectivity index (χ1v) is 38.5. The normalized spacial score (nSPS) is 20.3. The molecule has 0 spiro atoms. The van der Waals surface area contributed by atoms with Crippen LogP contribution in [0.5, 0.6) is 0 Å². The number of ether oxygens (including phenoxy) is 7. The third-order valence-corrected chi connectivity index (χ3v) is 18.8. The van der Waals surface area contributed by atoms with Gasteiger partial charge in [-0.1, -0.05) is 0 Å². The Balaban J connectivity index is 0.000000253. The van der Waals surface area contributed by atoms with Crippen molar-refractivity contribution in [2.45, 2.75) is 179 Å². The van der Waals surface area contributed by atoms with E-state index in [2.05, 4.69) is 92.0 Å². The van der Waals surface area contributed by atoms with Crippen molar-refractivity contribution in [3.8, 4) is 0 Å². The summed E-state index contributed by atoms with van der Waals surface area (Å²) in [4.78, 5) is 105. The van der Waals surface area contributed by atoms with Crippen LogP contribution in [0.2, 0.25) is 0 Å². The number of hydrogen-bond donors (Lipinski definition) is 5. The zero-order valence-corrected chi connectivity index (χ0v) is 76.2. The van der Waals surface area contributed by atoms with Crippen LogP contribution in [0, 0.1) is 11.8 Å². The Morgan fingerprint density at radius 3 is 1.18 bits per heavy atom. The zero-order chi connectivity index (χ0) is 82.9. The van der Waals surface area contributed by atoms with Crippen LogP contribution in [-0.4, -0.2) is 194 Å². The van der Waals surface area contributed by atoms with Gasteiger partial charge < -0.3 is 86.0 Å². The van der Waals surface area contributed by atoms with E-state index in [0.29, 0.717) is 99.6 Å². The predicted molar refractivity (Wildman–Crippen MR) is 422 cm³/mol. The second-order valence-corrected chi connectivity index (χ2v) is 32.1. The number of carbonyl (C=O) groups is 6. The molecular weight excluding hydrogens is 1700 g/mol. The number of anilines is 8. The van der Waals surface area contributed by atoms with Crippen LogP contribution < -0.4 is 139 Å². The maximum atomic E-state index is 12.7. The van der Waals surface area contributed by atoms with Crippen molar-refractivity contribution in [3.63, 3.8) is 0 Å². The van der Waals surface area contributed by atoms with Crippen LogP contribution in [-0.2, 0) is 47.6 Å². The average molecular weight is 1800 g/mol. The molecule has 37 heteroatoms. The molecule has 116 heavy (non-hydrogen) atoms. The number of hydrogen-bond acceptors (Lipinski definition) is 28. The predicted octanol–water partition coefficient (Wildman–Crippen LogP) is 7.08. The van der Waals surface area contributed by atoms with Gasteiger partial charge in [0.2, 0.25) is 0 Å². The largest absolute Gasteiger partial charge is 1.00 e. The van der Waals surface area contributed by atoms with Gasteiger partial charge in [0.1, 0.15) is 55.1 Å². The Hall–Kier alpha value is -6.51. The number of carboxylic acids is 2. The van der Waals surface area contributed by atoms with Crippen LogP contribution in [0.25, 0.3) is 0 Å². The molecule has 8 atom stereocenters. The van der Waals surface area contributed by atoms with Gasteiger partial charge in [-0.25, -0.2) is 43.9 Å². The van der Waals surface area contributed by atoms with Gasteiger partial charge in [-0.3, -0.25) is 19.7 Å². The molecule has 7 aliphatic heterocycles. The summed E-state index contributed by atoms with van der Waals surface area (Å²) >= 11 is 6.42. The topological polar surface area (TPSA) is 390 Å². The van der Waals surface area contributed by atoms with Crippen molar-refractivity contribution in [1.82, 2.24) is 34.9 Å². The number of aromatic carboxylic acids is 1. The smallest absolute Gasteiger partial charge is 1.00 e. The third kappa shape index (κ3) is 32.6. The van der Waals surface area contributed by atoms with Crippen LogP contribution in [0.4, 0.5) is 59.3 Å². The van der Waals surface area contributed by atoms with Crippen LogP contribution in [0.15, 0.2) is 138 Å². The van der Waals surface area contributed by atoms with Crippen molar-refractivity contribution in [2.24, 2.45) is 11.8 Å². The number of carboxylic acid groups (broad SMARTS) is 2. The standard InChI is InChI=1S/C21H26N4O3.C17H18N4O3.C16H22N2O3.C10H11Br2NO2.C7H12O.C5H6N2.C2HF3O2.CH2O3.2K.H/c1-21(2,3)28-20(26)14-9-18(23-15-5-4-8-22-11-15)24-19(10-14)25-16-6-7-17(25)13-27-12-16;22-17(23)11-6-15(19-12-2-1-5-18-8-12)20-16(7-11)21-13-3-4-14(21)10-24-9-13;1-16(2,3)21-15(19)11-6-7-17-14(8-11)18-12-4-5-13(18)10-20-9-12;1-10(2,3)15-9(14)6-4-7(11)13-8(12)5-6;1-2-7-3-6(1)4-8-5-7;6-5-2-1-3-7-4-5;3-2(4,5)1(6)7;2-1-4-3;;;/h4-5,8-11,16-17H,6-7,12-13H2,1-3H3,(H,23,24);1-2,5-8,13-14H,3-4,9-10H2,(H,19,20)(H,22,23);6-8,12-13H,4-5,9-10H2,1-3H3;4-5H,1-3H3;6-7H,1-5H2;1-4H,6H2;(H,6,7);1,3H;;;/q;;;;;;;;2*+1;-1/p-1. The molecule has 7 aromatic rings. The minimum atomic E-state index is -5.08. The minimum absolute atomic E-state index is 0. The SMILES string of the molecule is C1CC2COCC1C2.CC(C)(C)OC(=O)c1cc(Br)nc(Br)c1.CC(C)(C)OC(=O)c1cc(Nc2cccnc2)nc(N2C3CCC2COC3)c1.CC(C)(C)OC(=O)c1ccnc(N2C3CCC2COC3)c1.Nc1cccnc1.O=C(O)C(F)(F)F.O=C(O)c1cc(Nc2cccnc2)nc(N2C3CCC2COC3)c1.O=CO[O-].[H-].[K+].[K+]. The fourth-order valence-electron chi connectivity index (χ4n) is 13.4. The van der Waals surface area contributed by atoms with Crippen molar-refractivity contribution in [3.05, 3.63) is 160 Å². The van der Waals surface area contributed by atoms with Crippen molar-refractivity contribution < 1.29 is 200 Å². The van der Waals surface area contributed by atoms with E-state index >= 15 is 0 Å². The molecule has 8 unspecified atom stereocenters. The van der Waals surface area contributed by atoms with Crippen LogP contribution in [0.1, 0.15) is 163 Å². The number of fused-ring (bicyclic) bond motifs is 8. The van der Waals surface area contributed by atoms with E-state index in [1.807, 2.05) is 98.7 Å². The van der Waals surface area contributed by atoms with Crippen LogP contribution in [0.3, 0.4) is 0 Å². The van der Waals surface area contributed by atoms with Gasteiger partial charge >= 0.3 is 139 Å². The quantitative estimate of drug-likeness (QED) is 0.0155. The molecule has 1 saturated carbocycles. The van der Waals surface area contributed by atoms with Gasteiger partial charge in [0.05, 0.1) is 128 Å². The maximum Gasteiger partial charge on any atom is 1.00 e. The molecule has 8 aliphatic rings. The number of halogens is 5. The van der Waals surface area contributed by atoms with E-state index < -0.39 is 34.9 Å². The van der Waals surface area contributed by atoms with E-state index in [4.69, 9.17) is 63.8 Å². The molecule has 14 heterocycles. The van der Waals surface area contributed by atoms with Gasteiger partial charge in [-0.15, -0.1) is 0 Å². The Labute approximate surface area is 775 Å². The number of nitrogens with zero attached hydrogens (tertiary/aromatic N) is 10. The number of aliphatic carboxylic acids is 1. The van der Waals surface area contributed by atoms with Gasteiger partial charge in [0, 0.05) is 44.2 Å². The van der Waals surface area contributed by atoms with E-state index in [9.17, 15) is 37.5 Å². The van der Waals surface area contributed by atoms with Crippen molar-refractivity contribution in [2.75, 3.05) is 83.9 Å².